The first kappa shape index (κ1) is 15.6. The molecule has 2 fully saturated rings. The van der Waals surface area contributed by atoms with Crippen molar-refractivity contribution in [1.29, 1.82) is 0 Å². The molecule has 0 unspecified atom stereocenters. The molecule has 2 aliphatic heterocycles. The number of carbonyl (C=O) groups is 1. The Bertz CT molecular complexity index is 326. The second kappa shape index (κ2) is 6.35. The van der Waals surface area contributed by atoms with Crippen LogP contribution in [0.25, 0.3) is 0 Å². The van der Waals surface area contributed by atoms with Crippen molar-refractivity contribution in [1.82, 2.24) is 5.32 Å². The molecule has 2 aliphatic rings. The minimum atomic E-state index is -2.12. The number of hydrogen-bond donors (Lipinski definition) is 1. The minimum absolute atomic E-state index is 0.232. The fourth-order valence-corrected chi connectivity index (χ4v) is 4.73. The monoisotopic (exact) mass is 248 g/mol. The van der Waals surface area contributed by atoms with Crippen molar-refractivity contribution in [2.24, 2.45) is 9.78 Å². The molecular formula is C11H24N2O2S. The Morgan fingerprint density at radius 3 is 1.88 bits per heavy atom. The Morgan fingerprint density at radius 2 is 1.62 bits per heavy atom. The Balaban J connectivity index is 0.000000509. The van der Waals surface area contributed by atoms with Crippen molar-refractivity contribution in [3.05, 3.63) is 0 Å². The number of nitrogens with one attached hydrogen (secondary N) is 1. The Kier molecular flexibility index (Phi) is 6.18. The summed E-state index contributed by atoms with van der Waals surface area (Å²) in [6.07, 6.45) is 0. The highest BCUT2D eigenvalue weighted by Gasteiger charge is 2.51. The van der Waals surface area contributed by atoms with E-state index in [0.717, 1.165) is 13.1 Å². The average Bonchev–Trinajstić information content (AvgIpc) is 2.16. The Labute approximate surface area is 99.4 Å². The molecule has 1 spiro atoms. The summed E-state index contributed by atoms with van der Waals surface area (Å²) in [6, 6.07) is 0. The van der Waals surface area contributed by atoms with Crippen molar-refractivity contribution in [2.75, 3.05) is 24.6 Å². The smallest absolute Gasteiger partial charge is 0.250 e. The van der Waals surface area contributed by atoms with Gasteiger partial charge >= 0.3 is 0 Å². The standard InChI is InChI=1S/C7H12N2O2S.2C2H6/c1-6(10)9-12(11)4-7(5-12)2-8-3-7;2*1-2/h8H,2-5H2,1H3;2*1-2H3. The largest absolute Gasteiger partial charge is 0.315 e. The van der Waals surface area contributed by atoms with Crippen molar-refractivity contribution in [3.8, 4) is 0 Å². The van der Waals surface area contributed by atoms with Crippen LogP contribution in [0.15, 0.2) is 4.36 Å². The van der Waals surface area contributed by atoms with Gasteiger partial charge in [0.1, 0.15) is 0 Å². The molecule has 0 saturated carbocycles. The van der Waals surface area contributed by atoms with Gasteiger partial charge in [-0.15, -0.1) is 0 Å². The maximum Gasteiger partial charge on any atom is 0.250 e. The summed E-state index contributed by atoms with van der Waals surface area (Å²) in [6.45, 7) is 11.2. The lowest BCUT2D eigenvalue weighted by Crippen LogP contribution is -2.66. The molecule has 1 N–H and O–H groups in total. The van der Waals surface area contributed by atoms with Crippen LogP contribution < -0.4 is 5.32 Å². The molecule has 1 amide bonds. The second-order valence-electron chi connectivity index (χ2n) is 3.78. The lowest BCUT2D eigenvalue weighted by molar-refractivity contribution is -0.115. The first-order valence-electron chi connectivity index (χ1n) is 5.98. The third-order valence-corrected chi connectivity index (χ3v) is 5.08. The lowest BCUT2D eigenvalue weighted by Gasteiger charge is -2.50. The van der Waals surface area contributed by atoms with E-state index in [1.54, 1.807) is 0 Å². The summed E-state index contributed by atoms with van der Waals surface area (Å²) >= 11 is 0. The van der Waals surface area contributed by atoms with Crippen molar-refractivity contribution in [2.45, 2.75) is 34.6 Å². The summed E-state index contributed by atoms with van der Waals surface area (Å²) in [5.41, 5.74) is 0.232. The van der Waals surface area contributed by atoms with E-state index in [4.69, 9.17) is 0 Å². The molecule has 0 atom stereocenters. The quantitative estimate of drug-likeness (QED) is 0.709. The van der Waals surface area contributed by atoms with Gasteiger partial charge < -0.3 is 5.32 Å². The van der Waals surface area contributed by atoms with Gasteiger partial charge in [0, 0.05) is 36.9 Å². The zero-order valence-corrected chi connectivity index (χ0v) is 11.8. The molecule has 0 radical (unpaired) electrons. The summed E-state index contributed by atoms with van der Waals surface area (Å²) in [5.74, 6) is 0.932. The molecule has 0 bridgehead atoms. The van der Waals surface area contributed by atoms with E-state index >= 15 is 0 Å². The minimum Gasteiger partial charge on any atom is -0.315 e. The van der Waals surface area contributed by atoms with Crippen LogP contribution >= 0.6 is 0 Å². The van der Waals surface area contributed by atoms with Crippen LogP contribution in [0.5, 0.6) is 0 Å². The van der Waals surface area contributed by atoms with Crippen LogP contribution in [-0.2, 0) is 14.5 Å². The predicted molar refractivity (Wildman–Crippen MR) is 69.0 cm³/mol. The Morgan fingerprint density at radius 1 is 1.19 bits per heavy atom. The van der Waals surface area contributed by atoms with Gasteiger partial charge in [0.05, 0.1) is 9.73 Å². The molecule has 96 valence electrons. The van der Waals surface area contributed by atoms with Gasteiger partial charge in [0.2, 0.25) is 0 Å². The van der Waals surface area contributed by atoms with Crippen molar-refractivity contribution >= 4 is 15.6 Å². The highest BCUT2D eigenvalue weighted by atomic mass is 32.2. The van der Waals surface area contributed by atoms with Crippen LogP contribution in [-0.4, -0.2) is 34.7 Å². The Hall–Kier alpha value is -0.420. The fraction of sp³-hybridized carbons (Fsp3) is 0.909. The molecular weight excluding hydrogens is 224 g/mol. The van der Waals surface area contributed by atoms with Gasteiger partial charge in [-0.2, -0.15) is 4.36 Å². The van der Waals surface area contributed by atoms with E-state index in [0.29, 0.717) is 11.5 Å². The molecule has 2 saturated heterocycles. The van der Waals surface area contributed by atoms with Gasteiger partial charge in [-0.3, -0.25) is 4.79 Å². The highest BCUT2D eigenvalue weighted by Crippen LogP contribution is 2.37. The van der Waals surface area contributed by atoms with Crippen LogP contribution in [0.3, 0.4) is 0 Å². The maximum absolute atomic E-state index is 11.6. The van der Waals surface area contributed by atoms with E-state index in [1.165, 1.54) is 6.92 Å². The van der Waals surface area contributed by atoms with Crippen molar-refractivity contribution < 1.29 is 9.00 Å². The van der Waals surface area contributed by atoms with E-state index in [1.807, 2.05) is 27.7 Å². The molecule has 16 heavy (non-hydrogen) atoms. The van der Waals surface area contributed by atoms with E-state index in [-0.39, 0.29) is 11.3 Å². The maximum atomic E-state index is 11.6. The zero-order valence-electron chi connectivity index (χ0n) is 11.0. The van der Waals surface area contributed by atoms with Crippen molar-refractivity contribution in [3.63, 3.8) is 0 Å². The van der Waals surface area contributed by atoms with Gasteiger partial charge in [0.15, 0.2) is 0 Å². The normalized spacial score (nSPS) is 22.3. The van der Waals surface area contributed by atoms with E-state index in [9.17, 15) is 9.00 Å². The average molecular weight is 248 g/mol. The second-order valence-corrected chi connectivity index (χ2v) is 6.08. The molecule has 2 rings (SSSR count). The fourth-order valence-electron chi connectivity index (χ4n) is 1.90. The molecule has 0 aromatic heterocycles. The highest BCUT2D eigenvalue weighted by molar-refractivity contribution is 7.95. The van der Waals surface area contributed by atoms with Crippen LogP contribution in [0.1, 0.15) is 34.6 Å². The lowest BCUT2D eigenvalue weighted by atomic mass is 9.85. The number of amides is 1. The van der Waals surface area contributed by atoms with E-state index in [2.05, 4.69) is 9.68 Å². The zero-order chi connectivity index (χ0) is 12.8. The number of nitrogens with zero attached hydrogens (tertiary/aromatic N) is 1. The van der Waals surface area contributed by atoms with Crippen LogP contribution in [0.4, 0.5) is 0 Å². The van der Waals surface area contributed by atoms with Gasteiger partial charge in [-0.1, -0.05) is 27.7 Å². The van der Waals surface area contributed by atoms with Gasteiger partial charge in [0.25, 0.3) is 5.91 Å². The summed E-state index contributed by atoms with van der Waals surface area (Å²) in [7, 11) is -2.12. The number of carbonyl (C=O) groups excluding carboxylic acids is 1. The molecule has 5 heteroatoms. The summed E-state index contributed by atoms with van der Waals surface area (Å²) < 4.78 is 15.3. The first-order valence-corrected chi connectivity index (χ1v) is 7.83. The number of rotatable bonds is 0. The summed E-state index contributed by atoms with van der Waals surface area (Å²) in [5, 5.41) is 3.14. The third-order valence-electron chi connectivity index (χ3n) is 2.36. The van der Waals surface area contributed by atoms with Gasteiger partial charge in [-0.05, 0) is 0 Å². The van der Waals surface area contributed by atoms with Crippen LogP contribution in [0, 0.1) is 5.41 Å². The molecule has 0 aliphatic carbocycles. The molecule has 0 aromatic rings. The van der Waals surface area contributed by atoms with Crippen LogP contribution in [0.2, 0.25) is 0 Å². The SMILES string of the molecule is CC.CC.CC(=O)N=S1(=O)CC2(CNC2)C1. The predicted octanol–water partition coefficient (Wildman–Crippen LogP) is 1.66. The molecule has 0 aromatic carbocycles. The third kappa shape index (κ3) is 3.56. The summed E-state index contributed by atoms with van der Waals surface area (Å²) in [4.78, 5) is 10.6. The van der Waals surface area contributed by atoms with E-state index < -0.39 is 9.73 Å². The first-order chi connectivity index (χ1) is 7.54. The number of hydrogen-bond acceptors (Lipinski definition) is 3. The topological polar surface area (TPSA) is 58.5 Å². The molecule has 4 nitrogen and oxygen atoms in total. The van der Waals surface area contributed by atoms with Gasteiger partial charge in [-0.25, -0.2) is 4.21 Å². The molecule has 2 heterocycles.